The van der Waals surface area contributed by atoms with Gasteiger partial charge in [-0.25, -0.2) is 9.59 Å². The van der Waals surface area contributed by atoms with Gasteiger partial charge in [0.25, 0.3) is 0 Å². The molecule has 0 aromatic carbocycles. The number of carbonyl (C=O) groups is 2. The van der Waals surface area contributed by atoms with Gasteiger partial charge in [0.05, 0.1) is 0 Å². The van der Waals surface area contributed by atoms with Crippen LogP contribution in [-0.4, -0.2) is 41.6 Å². The third-order valence-corrected chi connectivity index (χ3v) is 3.97. The van der Waals surface area contributed by atoms with Crippen molar-refractivity contribution in [3.63, 3.8) is 0 Å². The highest BCUT2D eigenvalue weighted by Gasteiger charge is 2.45. The molecule has 2 N–H and O–H groups in total. The van der Waals surface area contributed by atoms with Crippen LogP contribution in [0.15, 0.2) is 0 Å². The molecule has 1 aliphatic carbocycles. The van der Waals surface area contributed by atoms with Gasteiger partial charge in [-0.2, -0.15) is 0 Å². The summed E-state index contributed by atoms with van der Waals surface area (Å²) >= 11 is 0. The third-order valence-electron chi connectivity index (χ3n) is 3.97. The quantitative estimate of drug-likeness (QED) is 0.768. The summed E-state index contributed by atoms with van der Waals surface area (Å²) < 4.78 is 0. The highest BCUT2D eigenvalue weighted by molar-refractivity contribution is 5.82. The molecule has 0 heterocycles. The molecule has 1 atom stereocenters. The summed E-state index contributed by atoms with van der Waals surface area (Å²) in [7, 11) is 1.50. The monoisotopic (exact) mass is 242 g/mol. The van der Waals surface area contributed by atoms with E-state index in [0.29, 0.717) is 12.5 Å². The van der Waals surface area contributed by atoms with Gasteiger partial charge >= 0.3 is 12.0 Å². The minimum absolute atomic E-state index is 0.239. The maximum atomic E-state index is 11.7. The number of nitrogens with one attached hydrogen (secondary N) is 1. The zero-order chi connectivity index (χ0) is 13.2. The van der Waals surface area contributed by atoms with Crippen molar-refractivity contribution in [2.45, 2.75) is 39.7 Å². The Morgan fingerprint density at radius 2 is 1.88 bits per heavy atom. The lowest BCUT2D eigenvalue weighted by molar-refractivity contribution is -0.141. The first-order valence-electron chi connectivity index (χ1n) is 6.03. The molecule has 5 heteroatoms. The van der Waals surface area contributed by atoms with Crippen molar-refractivity contribution in [3.8, 4) is 0 Å². The van der Waals surface area contributed by atoms with Crippen molar-refractivity contribution in [1.82, 2.24) is 10.2 Å². The number of likely N-dealkylation sites (N-methyl/N-ethyl adjacent to an activating group) is 1. The van der Waals surface area contributed by atoms with E-state index in [1.54, 1.807) is 0 Å². The lowest BCUT2D eigenvalue weighted by Gasteiger charge is -2.25. The Labute approximate surface area is 102 Å². The van der Waals surface area contributed by atoms with Gasteiger partial charge in [0.2, 0.25) is 0 Å². The minimum Gasteiger partial charge on any atom is -0.480 e. The molecule has 0 aliphatic heterocycles. The van der Waals surface area contributed by atoms with Gasteiger partial charge in [0, 0.05) is 13.6 Å². The zero-order valence-electron chi connectivity index (χ0n) is 11.0. The number of rotatable bonds is 5. The molecule has 0 aromatic heterocycles. The highest BCUT2D eigenvalue weighted by Crippen LogP contribution is 2.51. The van der Waals surface area contributed by atoms with Crippen molar-refractivity contribution in [2.75, 3.05) is 13.6 Å². The van der Waals surface area contributed by atoms with E-state index in [4.69, 9.17) is 5.11 Å². The number of carbonyl (C=O) groups excluding carboxylic acids is 1. The first-order valence-corrected chi connectivity index (χ1v) is 6.03. The molecule has 1 fully saturated rings. The molecular weight excluding hydrogens is 220 g/mol. The van der Waals surface area contributed by atoms with Crippen molar-refractivity contribution >= 4 is 12.0 Å². The first-order chi connectivity index (χ1) is 7.80. The second-order valence-corrected chi connectivity index (χ2v) is 5.30. The van der Waals surface area contributed by atoms with Crippen LogP contribution in [0.5, 0.6) is 0 Å². The zero-order valence-corrected chi connectivity index (χ0v) is 11.0. The van der Waals surface area contributed by atoms with Crippen LogP contribution in [0.2, 0.25) is 0 Å². The highest BCUT2D eigenvalue weighted by atomic mass is 16.4. The van der Waals surface area contributed by atoms with Crippen LogP contribution >= 0.6 is 0 Å². The van der Waals surface area contributed by atoms with E-state index in [9.17, 15) is 9.59 Å². The smallest absolute Gasteiger partial charge is 0.326 e. The molecule has 2 amide bonds. The van der Waals surface area contributed by atoms with E-state index >= 15 is 0 Å². The predicted octanol–water partition coefficient (Wildman–Crippen LogP) is 1.54. The summed E-state index contributed by atoms with van der Waals surface area (Å²) in [5, 5.41) is 11.6. The number of carboxylic acid groups (broad SMARTS) is 1. The molecule has 17 heavy (non-hydrogen) atoms. The number of hydrogen-bond acceptors (Lipinski definition) is 2. The van der Waals surface area contributed by atoms with Gasteiger partial charge in [0.15, 0.2) is 0 Å². The van der Waals surface area contributed by atoms with E-state index in [2.05, 4.69) is 19.2 Å². The molecule has 1 aliphatic rings. The SMILES string of the molecule is CC(C(=O)O)N(C)C(=O)NCC1(C(C)C)CC1. The Morgan fingerprint density at radius 1 is 1.35 bits per heavy atom. The molecule has 0 bridgehead atoms. The summed E-state index contributed by atoms with van der Waals surface area (Å²) in [4.78, 5) is 23.7. The number of hydrogen-bond donors (Lipinski definition) is 2. The summed E-state index contributed by atoms with van der Waals surface area (Å²) in [5.41, 5.74) is 0.239. The van der Waals surface area contributed by atoms with Crippen LogP contribution in [0.25, 0.3) is 0 Å². The Hall–Kier alpha value is -1.26. The number of amides is 2. The molecule has 98 valence electrons. The summed E-state index contributed by atoms with van der Waals surface area (Å²) in [6.07, 6.45) is 2.28. The van der Waals surface area contributed by atoms with Crippen LogP contribution < -0.4 is 5.32 Å². The van der Waals surface area contributed by atoms with E-state index < -0.39 is 12.0 Å². The molecule has 0 aromatic rings. The third kappa shape index (κ3) is 3.11. The standard InChI is InChI=1S/C12H22N2O3/c1-8(2)12(5-6-12)7-13-11(17)14(4)9(3)10(15)16/h8-9H,5-7H2,1-4H3,(H,13,17)(H,15,16). The molecule has 0 spiro atoms. The topological polar surface area (TPSA) is 69.6 Å². The van der Waals surface area contributed by atoms with Crippen molar-refractivity contribution in [2.24, 2.45) is 11.3 Å². The molecular formula is C12H22N2O3. The Balaban J connectivity index is 2.42. The van der Waals surface area contributed by atoms with Gasteiger partial charge in [-0.15, -0.1) is 0 Å². The fourth-order valence-corrected chi connectivity index (χ4v) is 1.84. The minimum atomic E-state index is -0.993. The molecule has 1 rings (SSSR count). The number of aliphatic carboxylic acids is 1. The fraction of sp³-hybridized carbons (Fsp3) is 0.833. The number of nitrogens with zero attached hydrogens (tertiary/aromatic N) is 1. The van der Waals surface area contributed by atoms with Gasteiger partial charge in [0.1, 0.15) is 6.04 Å². The van der Waals surface area contributed by atoms with E-state index in [-0.39, 0.29) is 11.4 Å². The number of carboxylic acids is 1. The average molecular weight is 242 g/mol. The summed E-state index contributed by atoms with van der Waals surface area (Å²) in [5.74, 6) is -0.447. The summed E-state index contributed by atoms with van der Waals surface area (Å²) in [6, 6.07) is -1.11. The lowest BCUT2D eigenvalue weighted by Crippen LogP contribution is -2.47. The fourth-order valence-electron chi connectivity index (χ4n) is 1.84. The van der Waals surface area contributed by atoms with E-state index in [1.807, 2.05) is 0 Å². The Kier molecular flexibility index (Phi) is 4.01. The van der Waals surface area contributed by atoms with Crippen LogP contribution in [0, 0.1) is 11.3 Å². The van der Waals surface area contributed by atoms with Crippen LogP contribution in [0.3, 0.4) is 0 Å². The second kappa shape index (κ2) is 4.94. The number of urea groups is 1. The van der Waals surface area contributed by atoms with Gasteiger partial charge in [-0.1, -0.05) is 13.8 Å². The largest absolute Gasteiger partial charge is 0.480 e. The van der Waals surface area contributed by atoms with Crippen LogP contribution in [0.4, 0.5) is 4.79 Å². The molecule has 1 unspecified atom stereocenters. The van der Waals surface area contributed by atoms with Gasteiger partial charge in [-0.3, -0.25) is 0 Å². The maximum Gasteiger partial charge on any atom is 0.326 e. The molecule has 1 saturated carbocycles. The van der Waals surface area contributed by atoms with Crippen LogP contribution in [-0.2, 0) is 4.79 Å². The van der Waals surface area contributed by atoms with Crippen molar-refractivity contribution in [3.05, 3.63) is 0 Å². The normalized spacial score (nSPS) is 18.6. The predicted molar refractivity (Wildman–Crippen MR) is 64.8 cm³/mol. The van der Waals surface area contributed by atoms with Gasteiger partial charge in [-0.05, 0) is 31.1 Å². The van der Waals surface area contributed by atoms with Crippen molar-refractivity contribution in [1.29, 1.82) is 0 Å². The molecule has 0 saturated heterocycles. The van der Waals surface area contributed by atoms with Gasteiger partial charge < -0.3 is 15.3 Å². The Bertz CT molecular complexity index is 311. The van der Waals surface area contributed by atoms with Crippen LogP contribution in [0.1, 0.15) is 33.6 Å². The Morgan fingerprint density at radius 3 is 2.24 bits per heavy atom. The molecule has 0 radical (unpaired) electrons. The van der Waals surface area contributed by atoms with Crippen molar-refractivity contribution < 1.29 is 14.7 Å². The van der Waals surface area contributed by atoms with E-state index in [1.165, 1.54) is 18.9 Å². The second-order valence-electron chi connectivity index (χ2n) is 5.30. The lowest BCUT2D eigenvalue weighted by atomic mass is 9.92. The maximum absolute atomic E-state index is 11.7. The molecule has 5 nitrogen and oxygen atoms in total. The summed E-state index contributed by atoms with van der Waals surface area (Å²) in [6.45, 7) is 6.45. The van der Waals surface area contributed by atoms with E-state index in [0.717, 1.165) is 12.8 Å². The average Bonchev–Trinajstić information content (AvgIpc) is 3.04. The first kappa shape index (κ1) is 13.8.